The van der Waals surface area contributed by atoms with Gasteiger partial charge in [-0.15, -0.1) is 0 Å². The number of rotatable bonds is 8. The molecular weight excluding hydrogens is 435 g/mol. The number of likely N-dealkylation sites (tertiary alicyclic amines) is 1. The monoisotopic (exact) mass is 464 g/mol. The van der Waals surface area contributed by atoms with Gasteiger partial charge in [-0.05, 0) is 62.8 Å². The highest BCUT2D eigenvalue weighted by Gasteiger charge is 2.46. The van der Waals surface area contributed by atoms with E-state index in [-0.39, 0.29) is 11.3 Å². The van der Waals surface area contributed by atoms with Gasteiger partial charge in [-0.1, -0.05) is 32.0 Å². The molecule has 0 saturated carbocycles. The van der Waals surface area contributed by atoms with Crippen LogP contribution in [0.1, 0.15) is 43.3 Å². The van der Waals surface area contributed by atoms with Crippen molar-refractivity contribution in [3.63, 3.8) is 0 Å². The third-order valence-electron chi connectivity index (χ3n) is 6.40. The molecule has 1 aliphatic heterocycles. The van der Waals surface area contributed by atoms with E-state index in [1.54, 1.807) is 41.8 Å². The lowest BCUT2D eigenvalue weighted by Crippen LogP contribution is -2.33. The number of hydrogen-bond acceptors (Lipinski definition) is 5. The molecule has 178 valence electrons. The minimum atomic E-state index is -0.888. The molecule has 1 amide bonds. The fourth-order valence-electron chi connectivity index (χ4n) is 4.66. The number of Topliss-reactive ketones (excluding diaryl/α,β-unsaturated/α-hetero) is 1. The van der Waals surface area contributed by atoms with E-state index in [2.05, 4.69) is 23.7 Å². The molecule has 1 N–H and O–H groups in total. The minimum Gasteiger partial charge on any atom is -0.505 e. The molecule has 0 bridgehead atoms. The van der Waals surface area contributed by atoms with Crippen molar-refractivity contribution in [3.8, 4) is 0 Å². The van der Waals surface area contributed by atoms with Crippen molar-refractivity contribution in [2.45, 2.75) is 33.2 Å². The number of aliphatic hydroxyl groups excluding tert-OH is 1. The summed E-state index contributed by atoms with van der Waals surface area (Å²) in [5.41, 5.74) is 1.87. The average Bonchev–Trinajstić information content (AvgIpc) is 3.29. The molecule has 0 unspecified atom stereocenters. The van der Waals surface area contributed by atoms with E-state index >= 15 is 0 Å². The number of aliphatic hydroxyl groups is 1. The van der Waals surface area contributed by atoms with Crippen LogP contribution in [-0.4, -0.2) is 62.2 Å². The number of fused-ring (bicyclic) bond motifs is 1. The van der Waals surface area contributed by atoms with E-state index in [4.69, 9.17) is 0 Å². The lowest BCUT2D eigenvalue weighted by molar-refractivity contribution is -0.140. The summed E-state index contributed by atoms with van der Waals surface area (Å²) in [6.07, 6.45) is 2.39. The second-order valence-electron chi connectivity index (χ2n) is 8.40. The molecule has 1 aliphatic rings. The summed E-state index contributed by atoms with van der Waals surface area (Å²) in [6.45, 7) is 8.72. The Morgan fingerprint density at radius 3 is 2.62 bits per heavy atom. The second kappa shape index (κ2) is 9.77. The Balaban J connectivity index is 1.82. The van der Waals surface area contributed by atoms with Gasteiger partial charge in [0.2, 0.25) is 0 Å². The Morgan fingerprint density at radius 2 is 1.91 bits per heavy atom. The van der Waals surface area contributed by atoms with E-state index in [0.29, 0.717) is 35.6 Å². The topological polar surface area (TPSA) is 78.2 Å². The van der Waals surface area contributed by atoms with Gasteiger partial charge in [-0.2, -0.15) is 0 Å². The number of ketones is 1. The second-order valence-corrected chi connectivity index (χ2v) is 8.40. The molecule has 0 spiro atoms. The van der Waals surface area contributed by atoms with Crippen molar-refractivity contribution >= 4 is 23.1 Å². The molecule has 1 fully saturated rings. The van der Waals surface area contributed by atoms with Crippen LogP contribution in [0.5, 0.6) is 0 Å². The first-order valence-corrected chi connectivity index (χ1v) is 11.6. The Bertz CT molecular complexity index is 1260. The summed E-state index contributed by atoms with van der Waals surface area (Å²) in [7, 11) is 0. The molecule has 7 nitrogen and oxygen atoms in total. The normalized spacial score (nSPS) is 17.9. The van der Waals surface area contributed by atoms with Crippen LogP contribution in [0.3, 0.4) is 0 Å². The lowest BCUT2D eigenvalue weighted by Gasteiger charge is -2.26. The van der Waals surface area contributed by atoms with Gasteiger partial charge >= 0.3 is 0 Å². The number of amides is 1. The van der Waals surface area contributed by atoms with Crippen molar-refractivity contribution in [3.05, 3.63) is 77.0 Å². The smallest absolute Gasteiger partial charge is 0.295 e. The molecule has 34 heavy (non-hydrogen) atoms. The Morgan fingerprint density at radius 1 is 1.15 bits per heavy atom. The summed E-state index contributed by atoms with van der Waals surface area (Å²) in [6, 6.07) is 10.4. The molecular formula is C26H29FN4O3. The van der Waals surface area contributed by atoms with E-state index in [0.717, 1.165) is 19.6 Å². The molecule has 4 rings (SSSR count). The third kappa shape index (κ3) is 4.21. The Kier molecular flexibility index (Phi) is 6.79. The molecule has 1 atom stereocenters. The maximum absolute atomic E-state index is 14.2. The van der Waals surface area contributed by atoms with Crippen LogP contribution in [0, 0.1) is 12.7 Å². The van der Waals surface area contributed by atoms with E-state index in [9.17, 15) is 19.1 Å². The van der Waals surface area contributed by atoms with Crippen LogP contribution in [0.25, 0.3) is 11.4 Å². The van der Waals surface area contributed by atoms with Crippen LogP contribution >= 0.6 is 0 Å². The van der Waals surface area contributed by atoms with Crippen molar-refractivity contribution in [2.24, 2.45) is 0 Å². The zero-order valence-corrected chi connectivity index (χ0v) is 19.7. The highest BCUT2D eigenvalue weighted by molar-refractivity contribution is 6.46. The van der Waals surface area contributed by atoms with Crippen molar-refractivity contribution < 1.29 is 19.1 Å². The van der Waals surface area contributed by atoms with Crippen LogP contribution in [-0.2, 0) is 9.59 Å². The summed E-state index contributed by atoms with van der Waals surface area (Å²) >= 11 is 0. The standard InChI is InChI=1S/C26H29FN4O3/c1-4-29(5-2)13-9-15-31-23(18-10-8-11-19(27)16-18)21(25(33)26(31)34)24(32)22-17(3)28-20-12-6-7-14-30(20)22/h6-8,10-12,14,16,23,32H,4-5,9,13,15H2,1-3H3/t23-/m1/s1. The number of carbonyl (C=O) groups excluding carboxylic acids is 2. The number of hydrogen-bond donors (Lipinski definition) is 1. The van der Waals surface area contributed by atoms with Gasteiger partial charge in [0.15, 0.2) is 5.76 Å². The largest absolute Gasteiger partial charge is 0.505 e. The van der Waals surface area contributed by atoms with Crippen molar-refractivity contribution in [1.29, 1.82) is 0 Å². The van der Waals surface area contributed by atoms with Crippen LogP contribution in [0.2, 0.25) is 0 Å². The minimum absolute atomic E-state index is 0.0489. The lowest BCUT2D eigenvalue weighted by atomic mass is 9.96. The van der Waals surface area contributed by atoms with E-state index < -0.39 is 23.5 Å². The molecule has 0 aliphatic carbocycles. The summed E-state index contributed by atoms with van der Waals surface area (Å²) in [5, 5.41) is 11.4. The van der Waals surface area contributed by atoms with Gasteiger partial charge < -0.3 is 14.9 Å². The zero-order valence-electron chi connectivity index (χ0n) is 19.7. The number of halogens is 1. The summed E-state index contributed by atoms with van der Waals surface area (Å²) in [4.78, 5) is 34.5. The van der Waals surface area contributed by atoms with Gasteiger partial charge in [-0.3, -0.25) is 14.0 Å². The summed E-state index contributed by atoms with van der Waals surface area (Å²) in [5.74, 6) is -2.26. The first-order chi connectivity index (χ1) is 16.4. The number of pyridine rings is 1. The predicted molar refractivity (Wildman–Crippen MR) is 128 cm³/mol. The quantitative estimate of drug-likeness (QED) is 0.310. The number of nitrogens with zero attached hydrogens (tertiary/aromatic N) is 4. The molecule has 1 saturated heterocycles. The summed E-state index contributed by atoms with van der Waals surface area (Å²) < 4.78 is 15.9. The highest BCUT2D eigenvalue weighted by Crippen LogP contribution is 2.40. The number of benzene rings is 1. The maximum atomic E-state index is 14.2. The van der Waals surface area contributed by atoms with E-state index in [1.165, 1.54) is 17.0 Å². The highest BCUT2D eigenvalue weighted by atomic mass is 19.1. The van der Waals surface area contributed by atoms with Gasteiger partial charge in [0.25, 0.3) is 11.7 Å². The Hall–Kier alpha value is -3.52. The molecule has 8 heteroatoms. The first kappa shape index (κ1) is 23.6. The van der Waals surface area contributed by atoms with E-state index in [1.807, 2.05) is 6.07 Å². The fraction of sp³-hybridized carbons (Fsp3) is 0.346. The number of aromatic nitrogens is 2. The van der Waals surface area contributed by atoms with Crippen LogP contribution < -0.4 is 0 Å². The number of aryl methyl sites for hydroxylation is 1. The third-order valence-corrected chi connectivity index (χ3v) is 6.40. The maximum Gasteiger partial charge on any atom is 0.295 e. The molecule has 1 aromatic carbocycles. The van der Waals surface area contributed by atoms with Crippen LogP contribution in [0.15, 0.2) is 54.2 Å². The fourth-order valence-corrected chi connectivity index (χ4v) is 4.66. The van der Waals surface area contributed by atoms with Gasteiger partial charge in [0.1, 0.15) is 17.2 Å². The van der Waals surface area contributed by atoms with Gasteiger partial charge in [-0.25, -0.2) is 9.37 Å². The zero-order chi connectivity index (χ0) is 24.4. The molecule has 3 aromatic rings. The first-order valence-electron chi connectivity index (χ1n) is 11.6. The number of carbonyl (C=O) groups is 2. The predicted octanol–water partition coefficient (Wildman–Crippen LogP) is 3.94. The Labute approximate surface area is 198 Å². The molecule has 3 heterocycles. The average molecular weight is 465 g/mol. The SMILES string of the molecule is CCN(CC)CCCN1C(=O)C(=O)C(=C(O)c2c(C)nc3ccccn23)[C@H]1c1cccc(F)c1. The van der Waals surface area contributed by atoms with Crippen molar-refractivity contribution in [2.75, 3.05) is 26.2 Å². The number of imidazole rings is 1. The van der Waals surface area contributed by atoms with Gasteiger partial charge in [0, 0.05) is 12.7 Å². The molecule has 0 radical (unpaired) electrons. The van der Waals surface area contributed by atoms with Gasteiger partial charge in [0.05, 0.1) is 17.3 Å². The molecule has 2 aromatic heterocycles. The van der Waals surface area contributed by atoms with Crippen LogP contribution in [0.4, 0.5) is 4.39 Å². The van der Waals surface area contributed by atoms with Crippen molar-refractivity contribution in [1.82, 2.24) is 19.2 Å².